The van der Waals surface area contributed by atoms with Gasteiger partial charge in [-0.25, -0.2) is 4.79 Å². The van der Waals surface area contributed by atoms with Crippen LogP contribution in [0.15, 0.2) is 51.9 Å². The monoisotopic (exact) mass is 787 g/mol. The summed E-state index contributed by atoms with van der Waals surface area (Å²) in [5, 5.41) is 39.7. The summed E-state index contributed by atoms with van der Waals surface area (Å²) in [6.07, 6.45) is 2.80. The van der Waals surface area contributed by atoms with Gasteiger partial charge >= 0.3 is 11.9 Å². The molecule has 0 saturated carbocycles. The summed E-state index contributed by atoms with van der Waals surface area (Å²) in [6.45, 7) is 4.83. The third-order valence-corrected chi connectivity index (χ3v) is 14.6. The number of thioether (sulfide) groups is 1. The molecule has 1 spiro atoms. The number of benzene rings is 2. The highest BCUT2D eigenvalue weighted by Gasteiger charge is 2.66. The average molecular weight is 788 g/mol. The van der Waals surface area contributed by atoms with Gasteiger partial charge in [0.05, 0.1) is 25.0 Å². The molecule has 4 N–H and O–H groups in total. The van der Waals surface area contributed by atoms with Crippen LogP contribution in [0.5, 0.6) is 17.2 Å². The first kappa shape index (κ1) is 36.1. The van der Waals surface area contributed by atoms with Gasteiger partial charge in [-0.3, -0.25) is 19.9 Å². The minimum absolute atomic E-state index is 0.0629. The van der Waals surface area contributed by atoms with E-state index in [0.29, 0.717) is 57.5 Å². The first-order valence-corrected chi connectivity index (χ1v) is 20.1. The third-order valence-electron chi connectivity index (χ3n) is 13.1. The maximum absolute atomic E-state index is 15.0. The number of likely N-dealkylation sites (N-methyl/N-ethyl adjacent to an activating group) is 1. The van der Waals surface area contributed by atoms with E-state index >= 15 is 0 Å². The molecule has 0 amide bonds. The molecule has 4 fully saturated rings. The SMILES string of the molecule is COC1=C(O)C2C(C=C1C)CC1(O)CN(C)[C@@H]2[C@@H]2[C@@H]3SC[C@]4(N[C@H](CO)Cc5c4oc4ccccc54)C(=O)OC[C@@H](c4c5c(c(C)c(OC(C)=O)c43)OCO5)N21. The molecule has 12 rings (SSSR count). The Labute approximate surface area is 327 Å². The van der Waals surface area contributed by atoms with E-state index < -0.39 is 58.5 Å². The van der Waals surface area contributed by atoms with E-state index in [1.807, 2.05) is 45.2 Å². The van der Waals surface area contributed by atoms with Crippen LogP contribution in [0.4, 0.5) is 0 Å². The van der Waals surface area contributed by atoms with Crippen LogP contribution in [0.3, 0.4) is 0 Å². The lowest BCUT2D eigenvalue weighted by Gasteiger charge is -2.61. The van der Waals surface area contributed by atoms with Crippen molar-refractivity contribution in [1.82, 2.24) is 15.1 Å². The number of hydrogen-bond donors (Lipinski definition) is 4. The molecule has 9 aliphatic rings. The fourth-order valence-electron chi connectivity index (χ4n) is 11.2. The highest BCUT2D eigenvalue weighted by Crippen LogP contribution is 2.64. The minimum atomic E-state index is -1.52. The maximum atomic E-state index is 15.0. The van der Waals surface area contributed by atoms with E-state index in [-0.39, 0.29) is 50.4 Å². The minimum Gasteiger partial charge on any atom is -0.508 e. The van der Waals surface area contributed by atoms with Crippen LogP contribution in [0, 0.1) is 18.8 Å². The second kappa shape index (κ2) is 12.6. The Kier molecular flexibility index (Phi) is 8.14. The lowest BCUT2D eigenvalue weighted by Crippen LogP contribution is -2.72. The van der Waals surface area contributed by atoms with E-state index in [0.717, 1.165) is 16.5 Å². The summed E-state index contributed by atoms with van der Waals surface area (Å²) in [7, 11) is 3.51. The predicted molar refractivity (Wildman–Crippen MR) is 202 cm³/mol. The molecule has 2 aromatic carbocycles. The first-order valence-electron chi connectivity index (χ1n) is 19.1. The van der Waals surface area contributed by atoms with E-state index in [1.54, 1.807) is 7.11 Å². The Morgan fingerprint density at radius 3 is 2.68 bits per heavy atom. The molecule has 1 aromatic heterocycles. The topological polar surface area (TPSA) is 173 Å². The molecule has 4 bridgehead atoms. The zero-order valence-corrected chi connectivity index (χ0v) is 32.6. The van der Waals surface area contributed by atoms with Gasteiger partial charge in [0, 0.05) is 70.9 Å². The van der Waals surface area contributed by atoms with Gasteiger partial charge in [0.15, 0.2) is 22.8 Å². The van der Waals surface area contributed by atoms with Crippen LogP contribution in [-0.2, 0) is 31.0 Å². The van der Waals surface area contributed by atoms with Crippen molar-refractivity contribution in [2.24, 2.45) is 11.8 Å². The number of furan rings is 1. The van der Waals surface area contributed by atoms with Crippen molar-refractivity contribution in [1.29, 1.82) is 0 Å². The smallest absolute Gasteiger partial charge is 0.335 e. The molecule has 8 aliphatic heterocycles. The van der Waals surface area contributed by atoms with Crippen molar-refractivity contribution in [3.05, 3.63) is 75.4 Å². The standard InChI is InChI=1S/C41H45N3O11S/c1-18-10-21-12-40(49)15-43(4)30(27(21)32(47)33(18)50-5)31-37-29-28(36-35(52-17-53-36)19(2)34(29)54-20(3)46)25(44(31)40)14-51-39(48)41(16-56-37)38-24(11-22(13-45)42-41)23-8-6-7-9-26(23)55-38/h6-10,21-22,25,27,30-31,37,42,45,47,49H,11-17H2,1-5H3/t21?,22-,25-,27?,30-,31+,37+,40?,41+/m0/s1. The van der Waals surface area contributed by atoms with Crippen LogP contribution in [0.2, 0.25) is 0 Å². The summed E-state index contributed by atoms with van der Waals surface area (Å²) in [4.78, 5) is 32.1. The molecule has 4 unspecified atom stereocenters. The van der Waals surface area contributed by atoms with Crippen LogP contribution in [-0.4, -0.2) is 107 Å². The van der Waals surface area contributed by atoms with E-state index in [2.05, 4.69) is 21.2 Å². The Bertz CT molecular complexity index is 2270. The van der Waals surface area contributed by atoms with Crippen LogP contribution in [0.25, 0.3) is 11.0 Å². The van der Waals surface area contributed by atoms with E-state index in [4.69, 9.17) is 28.1 Å². The van der Waals surface area contributed by atoms with Gasteiger partial charge in [-0.2, -0.15) is 0 Å². The van der Waals surface area contributed by atoms with Crippen LogP contribution in [0.1, 0.15) is 59.6 Å². The molecular weight excluding hydrogens is 743 g/mol. The molecule has 14 nitrogen and oxygen atoms in total. The number of hydrogen-bond acceptors (Lipinski definition) is 15. The largest absolute Gasteiger partial charge is 0.508 e. The van der Waals surface area contributed by atoms with E-state index in [1.165, 1.54) is 18.7 Å². The molecule has 4 saturated heterocycles. The fourth-order valence-corrected chi connectivity index (χ4v) is 12.8. The Hall–Kier alpha value is -4.25. The number of fused-ring (bicyclic) bond motifs is 8. The van der Waals surface area contributed by atoms with Gasteiger partial charge in [0.2, 0.25) is 6.79 Å². The first-order chi connectivity index (χ1) is 26.9. The van der Waals surface area contributed by atoms with Gasteiger partial charge in [0.25, 0.3) is 0 Å². The summed E-state index contributed by atoms with van der Waals surface area (Å²) < 4.78 is 37.3. The normalized spacial score (nSPS) is 35.6. The number of allylic oxidation sites excluding steroid dienone is 2. The van der Waals surface area contributed by atoms with Crippen molar-refractivity contribution in [3.63, 3.8) is 0 Å². The molecule has 296 valence electrons. The number of carbonyl (C=O) groups is 2. The van der Waals surface area contributed by atoms with Crippen LogP contribution < -0.4 is 19.5 Å². The molecule has 0 radical (unpaired) electrons. The summed E-state index contributed by atoms with van der Waals surface area (Å²) in [6, 6.07) is 5.39. The molecule has 10 atom stereocenters. The van der Waals surface area contributed by atoms with Crippen molar-refractivity contribution in [2.75, 3.05) is 46.5 Å². The fraction of sp³-hybridized carbons (Fsp3) is 0.512. The summed E-state index contributed by atoms with van der Waals surface area (Å²) >= 11 is 1.46. The number of methoxy groups -OCH3 is 1. The second-order valence-electron chi connectivity index (χ2n) is 16.3. The number of para-hydroxylation sites is 1. The van der Waals surface area contributed by atoms with Gasteiger partial charge < -0.3 is 43.4 Å². The number of piperazine rings is 1. The van der Waals surface area contributed by atoms with Gasteiger partial charge in [-0.1, -0.05) is 24.3 Å². The highest BCUT2D eigenvalue weighted by molar-refractivity contribution is 7.99. The molecule has 1 aliphatic carbocycles. The van der Waals surface area contributed by atoms with Crippen molar-refractivity contribution >= 4 is 34.7 Å². The molecule has 9 heterocycles. The van der Waals surface area contributed by atoms with Gasteiger partial charge in [0.1, 0.15) is 35.2 Å². The van der Waals surface area contributed by atoms with Gasteiger partial charge in [-0.05, 0) is 51.3 Å². The lowest BCUT2D eigenvalue weighted by atomic mass is 9.73. The molecule has 56 heavy (non-hydrogen) atoms. The number of nitrogens with zero attached hydrogens (tertiary/aromatic N) is 2. The lowest BCUT2D eigenvalue weighted by molar-refractivity contribution is -0.214. The summed E-state index contributed by atoms with van der Waals surface area (Å²) in [5.74, 6) is 0.429. The molecular formula is C41H45N3O11S. The number of nitrogens with one attached hydrogen (secondary N) is 1. The van der Waals surface area contributed by atoms with Crippen LogP contribution >= 0.6 is 11.8 Å². The second-order valence-corrected chi connectivity index (χ2v) is 17.4. The van der Waals surface area contributed by atoms with Crippen molar-refractivity contribution < 1.29 is 53.0 Å². The Morgan fingerprint density at radius 2 is 1.91 bits per heavy atom. The van der Waals surface area contributed by atoms with Crippen molar-refractivity contribution in [2.45, 2.75) is 74.3 Å². The molecule has 15 heteroatoms. The van der Waals surface area contributed by atoms with Gasteiger partial charge in [-0.15, -0.1) is 11.8 Å². The number of aliphatic hydroxyl groups is 3. The Balaban J connectivity index is 1.24. The average Bonchev–Trinajstić information content (AvgIpc) is 3.76. The quantitative estimate of drug-likeness (QED) is 0.223. The summed E-state index contributed by atoms with van der Waals surface area (Å²) in [5.41, 5.74) is 1.15. The van der Waals surface area contributed by atoms with Crippen molar-refractivity contribution in [3.8, 4) is 17.2 Å². The molecule has 3 aromatic rings. The number of rotatable bonds is 3. The Morgan fingerprint density at radius 1 is 1.12 bits per heavy atom. The zero-order valence-electron chi connectivity index (χ0n) is 31.8. The predicted octanol–water partition coefficient (Wildman–Crippen LogP) is 3.87. The highest BCUT2D eigenvalue weighted by atomic mass is 32.2. The number of esters is 2. The number of carbonyl (C=O) groups excluding carboxylic acids is 2. The zero-order chi connectivity index (χ0) is 39.0. The number of ether oxygens (including phenoxy) is 5. The third kappa shape index (κ3) is 4.81. The van der Waals surface area contributed by atoms with E-state index in [9.17, 15) is 24.9 Å². The number of aliphatic hydroxyl groups excluding tert-OH is 2. The maximum Gasteiger partial charge on any atom is 0.335 e.